The van der Waals surface area contributed by atoms with Gasteiger partial charge in [-0.2, -0.15) is 0 Å². The fourth-order valence-electron chi connectivity index (χ4n) is 2.00. The molecule has 126 valence electrons. The summed E-state index contributed by atoms with van der Waals surface area (Å²) in [5.74, 6) is -3.08. The number of carbonyl (C=O) groups excluding carboxylic acids is 2. The molecule has 0 bridgehead atoms. The van der Waals surface area contributed by atoms with Gasteiger partial charge in [0, 0.05) is 19.2 Å². The lowest BCUT2D eigenvalue weighted by Gasteiger charge is -2.08. The Bertz CT molecular complexity index is 733. The first-order chi connectivity index (χ1) is 11.5. The number of halogens is 3. The fraction of sp³-hybridized carbons (Fsp3) is 0.176. The minimum atomic E-state index is -0.951. The average Bonchev–Trinajstić information content (AvgIpc) is 2.53. The van der Waals surface area contributed by atoms with Crippen LogP contribution in [0, 0.1) is 17.5 Å². The van der Waals surface area contributed by atoms with Gasteiger partial charge in [0.2, 0.25) is 5.91 Å². The highest BCUT2D eigenvalue weighted by atomic mass is 19.1. The third-order valence-electron chi connectivity index (χ3n) is 3.19. The van der Waals surface area contributed by atoms with Crippen molar-refractivity contribution in [3.05, 3.63) is 71.0 Å². The van der Waals surface area contributed by atoms with Crippen LogP contribution in [0.2, 0.25) is 0 Å². The summed E-state index contributed by atoms with van der Waals surface area (Å²) in [5, 5.41) is 5.00. The van der Waals surface area contributed by atoms with Gasteiger partial charge in [0.15, 0.2) is 0 Å². The molecule has 0 saturated heterocycles. The molecule has 0 aromatic heterocycles. The van der Waals surface area contributed by atoms with Crippen LogP contribution in [-0.2, 0) is 11.2 Å². The molecule has 2 aromatic rings. The zero-order chi connectivity index (χ0) is 17.5. The van der Waals surface area contributed by atoms with E-state index in [4.69, 9.17) is 0 Å². The molecular weight excluding hydrogens is 321 g/mol. The summed E-state index contributed by atoms with van der Waals surface area (Å²) in [6.07, 6.45) is 0.0841. The topological polar surface area (TPSA) is 58.2 Å². The van der Waals surface area contributed by atoms with Crippen LogP contribution >= 0.6 is 0 Å². The first-order valence-electron chi connectivity index (χ1n) is 7.20. The van der Waals surface area contributed by atoms with E-state index in [1.54, 1.807) is 0 Å². The Morgan fingerprint density at radius 1 is 0.833 bits per heavy atom. The Morgan fingerprint density at radius 3 is 2.12 bits per heavy atom. The van der Waals surface area contributed by atoms with Crippen LogP contribution in [0.25, 0.3) is 0 Å². The number of carbonyl (C=O) groups is 2. The van der Waals surface area contributed by atoms with E-state index in [1.807, 2.05) is 0 Å². The fourth-order valence-corrected chi connectivity index (χ4v) is 2.00. The molecule has 0 fully saturated rings. The van der Waals surface area contributed by atoms with Crippen molar-refractivity contribution in [1.82, 2.24) is 10.6 Å². The molecule has 0 aliphatic heterocycles. The van der Waals surface area contributed by atoms with E-state index in [0.717, 1.165) is 12.1 Å². The molecule has 0 heterocycles. The zero-order valence-corrected chi connectivity index (χ0v) is 12.6. The number of nitrogens with one attached hydrogen (secondary N) is 2. The van der Waals surface area contributed by atoms with Gasteiger partial charge in [0.25, 0.3) is 5.91 Å². The second kappa shape index (κ2) is 8.14. The summed E-state index contributed by atoms with van der Waals surface area (Å²) in [4.78, 5) is 23.4. The van der Waals surface area contributed by atoms with Crippen molar-refractivity contribution >= 4 is 11.8 Å². The molecule has 2 aromatic carbocycles. The normalized spacial score (nSPS) is 10.3. The molecular formula is C17H15F3N2O2. The maximum absolute atomic E-state index is 13.4. The van der Waals surface area contributed by atoms with Crippen LogP contribution < -0.4 is 10.6 Å². The van der Waals surface area contributed by atoms with Gasteiger partial charge < -0.3 is 10.6 Å². The van der Waals surface area contributed by atoms with Crippen molar-refractivity contribution in [2.24, 2.45) is 0 Å². The van der Waals surface area contributed by atoms with Crippen LogP contribution in [0.5, 0.6) is 0 Å². The molecule has 2 amide bonds. The van der Waals surface area contributed by atoms with Gasteiger partial charge in [-0.1, -0.05) is 12.1 Å². The molecule has 0 aliphatic rings. The highest BCUT2D eigenvalue weighted by molar-refractivity contribution is 5.94. The maximum Gasteiger partial charge on any atom is 0.254 e. The molecule has 0 atom stereocenters. The SMILES string of the molecule is O=C(Cc1ccc(F)cc1)NCCNC(=O)c1ccc(F)cc1F. The summed E-state index contributed by atoms with van der Waals surface area (Å²) in [6.45, 7) is 0.236. The van der Waals surface area contributed by atoms with Crippen molar-refractivity contribution < 1.29 is 22.8 Å². The van der Waals surface area contributed by atoms with Crippen molar-refractivity contribution in [2.75, 3.05) is 13.1 Å². The lowest BCUT2D eigenvalue weighted by Crippen LogP contribution is -2.35. The zero-order valence-electron chi connectivity index (χ0n) is 12.6. The predicted molar refractivity (Wildman–Crippen MR) is 81.8 cm³/mol. The Balaban J connectivity index is 1.73. The van der Waals surface area contributed by atoms with Crippen molar-refractivity contribution in [1.29, 1.82) is 0 Å². The lowest BCUT2D eigenvalue weighted by atomic mass is 10.1. The average molecular weight is 336 g/mol. The van der Waals surface area contributed by atoms with E-state index in [0.29, 0.717) is 11.6 Å². The Kier molecular flexibility index (Phi) is 5.95. The molecule has 24 heavy (non-hydrogen) atoms. The van der Waals surface area contributed by atoms with Crippen LogP contribution in [0.4, 0.5) is 13.2 Å². The van der Waals surface area contributed by atoms with Gasteiger partial charge >= 0.3 is 0 Å². The molecule has 2 N–H and O–H groups in total. The van der Waals surface area contributed by atoms with Crippen LogP contribution in [0.3, 0.4) is 0 Å². The van der Waals surface area contributed by atoms with Crippen molar-refractivity contribution in [3.8, 4) is 0 Å². The second-order valence-electron chi connectivity index (χ2n) is 5.03. The summed E-state index contributed by atoms with van der Waals surface area (Å²) < 4.78 is 38.9. The molecule has 0 spiro atoms. The third-order valence-corrected chi connectivity index (χ3v) is 3.19. The quantitative estimate of drug-likeness (QED) is 0.795. The van der Waals surface area contributed by atoms with Gasteiger partial charge in [-0.3, -0.25) is 9.59 Å². The summed E-state index contributed by atoms with van der Waals surface area (Å²) in [7, 11) is 0. The maximum atomic E-state index is 13.4. The highest BCUT2D eigenvalue weighted by Gasteiger charge is 2.12. The molecule has 0 saturated carbocycles. The van der Waals surface area contributed by atoms with E-state index in [9.17, 15) is 22.8 Å². The van der Waals surface area contributed by atoms with Gasteiger partial charge in [-0.25, -0.2) is 13.2 Å². The van der Waals surface area contributed by atoms with E-state index in [1.165, 1.54) is 24.3 Å². The first kappa shape index (κ1) is 17.5. The van der Waals surface area contributed by atoms with Gasteiger partial charge in [0.1, 0.15) is 17.5 Å². The van der Waals surface area contributed by atoms with Crippen LogP contribution in [0.15, 0.2) is 42.5 Å². The summed E-state index contributed by atoms with van der Waals surface area (Å²) in [5.41, 5.74) is 0.389. The second-order valence-corrected chi connectivity index (χ2v) is 5.03. The molecule has 4 nitrogen and oxygen atoms in total. The molecule has 0 radical (unpaired) electrons. The van der Waals surface area contributed by atoms with Crippen molar-refractivity contribution in [2.45, 2.75) is 6.42 Å². The molecule has 7 heteroatoms. The van der Waals surface area contributed by atoms with Gasteiger partial charge in [-0.05, 0) is 29.8 Å². The Morgan fingerprint density at radius 2 is 1.46 bits per heavy atom. The van der Waals surface area contributed by atoms with Crippen LogP contribution in [-0.4, -0.2) is 24.9 Å². The number of rotatable bonds is 6. The number of hydrogen-bond donors (Lipinski definition) is 2. The summed E-state index contributed by atoms with van der Waals surface area (Å²) in [6, 6.07) is 8.21. The van der Waals surface area contributed by atoms with E-state index < -0.39 is 17.5 Å². The van der Waals surface area contributed by atoms with Crippen molar-refractivity contribution in [3.63, 3.8) is 0 Å². The predicted octanol–water partition coefficient (Wildman–Crippen LogP) is 2.19. The molecule has 0 aliphatic carbocycles. The Hall–Kier alpha value is -2.83. The highest BCUT2D eigenvalue weighted by Crippen LogP contribution is 2.09. The first-order valence-corrected chi connectivity index (χ1v) is 7.20. The minimum absolute atomic E-state index is 0.0841. The van der Waals surface area contributed by atoms with Gasteiger partial charge in [0.05, 0.1) is 12.0 Å². The van der Waals surface area contributed by atoms with Crippen LogP contribution in [0.1, 0.15) is 15.9 Å². The number of hydrogen-bond acceptors (Lipinski definition) is 2. The van der Waals surface area contributed by atoms with E-state index >= 15 is 0 Å². The summed E-state index contributed by atoms with van der Waals surface area (Å²) >= 11 is 0. The number of benzene rings is 2. The van der Waals surface area contributed by atoms with Gasteiger partial charge in [-0.15, -0.1) is 0 Å². The Labute approximate surface area is 136 Å². The molecule has 2 rings (SSSR count). The van der Waals surface area contributed by atoms with E-state index in [-0.39, 0.29) is 36.8 Å². The number of amides is 2. The standard InChI is InChI=1S/C17H15F3N2O2/c18-12-3-1-11(2-4-12)9-16(23)21-7-8-22-17(24)14-6-5-13(19)10-15(14)20/h1-6,10H,7-9H2,(H,21,23)(H,22,24). The molecule has 0 unspecified atom stereocenters. The minimum Gasteiger partial charge on any atom is -0.354 e. The third kappa shape index (κ3) is 5.12. The largest absolute Gasteiger partial charge is 0.354 e. The monoisotopic (exact) mass is 336 g/mol. The van der Waals surface area contributed by atoms with E-state index in [2.05, 4.69) is 10.6 Å². The smallest absolute Gasteiger partial charge is 0.254 e. The lowest BCUT2D eigenvalue weighted by molar-refractivity contribution is -0.120.